The number of aryl methyl sites for hydroxylation is 2. The molecule has 0 atom stereocenters. The topological polar surface area (TPSA) is 56.5 Å². The fraction of sp³-hybridized carbons (Fsp3) is 0.200. The van der Waals surface area contributed by atoms with Crippen LogP contribution in [-0.2, 0) is 16.0 Å². The van der Waals surface area contributed by atoms with Crippen molar-refractivity contribution in [2.75, 3.05) is 6.61 Å². The van der Waals surface area contributed by atoms with Gasteiger partial charge in [0, 0.05) is 16.5 Å². The van der Waals surface area contributed by atoms with Gasteiger partial charge in [0.25, 0.3) is 0 Å². The highest BCUT2D eigenvalue weighted by atomic mass is 19.1. The second-order valence-corrected chi connectivity index (χ2v) is 5.91. The molecule has 5 heteroatoms. The van der Waals surface area contributed by atoms with Gasteiger partial charge in [0.05, 0.1) is 12.7 Å². The van der Waals surface area contributed by atoms with Gasteiger partial charge in [-0.2, -0.15) is 0 Å². The maximum Gasteiger partial charge on any atom is 0.310 e. The highest BCUT2D eigenvalue weighted by Gasteiger charge is 2.15. The molecule has 1 aromatic heterocycles. The molecule has 0 aliphatic rings. The van der Waals surface area contributed by atoms with E-state index in [9.17, 15) is 14.0 Å². The Hall–Kier alpha value is -2.95. The summed E-state index contributed by atoms with van der Waals surface area (Å²) in [6.45, 7) is 3.58. The Bertz CT molecular complexity index is 938. The summed E-state index contributed by atoms with van der Waals surface area (Å²) in [6, 6.07) is 8.99. The number of hydrogen-bond acceptors (Lipinski definition) is 4. The van der Waals surface area contributed by atoms with E-state index in [0.29, 0.717) is 5.56 Å². The Balaban J connectivity index is 1.64. The van der Waals surface area contributed by atoms with Crippen molar-refractivity contribution in [3.63, 3.8) is 0 Å². The molecule has 25 heavy (non-hydrogen) atoms. The first kappa shape index (κ1) is 16.9. The molecule has 0 unspecified atom stereocenters. The molecule has 0 spiro atoms. The molecule has 4 nitrogen and oxygen atoms in total. The van der Waals surface area contributed by atoms with Crippen LogP contribution in [0.2, 0.25) is 0 Å². The van der Waals surface area contributed by atoms with Gasteiger partial charge in [-0.15, -0.1) is 0 Å². The number of carbonyl (C=O) groups is 2. The van der Waals surface area contributed by atoms with Gasteiger partial charge < -0.3 is 9.15 Å². The lowest BCUT2D eigenvalue weighted by molar-refractivity contribution is -0.141. The molecule has 128 valence electrons. The van der Waals surface area contributed by atoms with Gasteiger partial charge in [0.1, 0.15) is 11.4 Å². The van der Waals surface area contributed by atoms with E-state index in [1.54, 1.807) is 6.26 Å². The summed E-state index contributed by atoms with van der Waals surface area (Å²) in [4.78, 5) is 24.0. The molecule has 0 aliphatic heterocycles. The molecule has 0 aliphatic carbocycles. The highest BCUT2D eigenvalue weighted by Crippen LogP contribution is 2.26. The molecule has 0 fully saturated rings. The van der Waals surface area contributed by atoms with E-state index >= 15 is 0 Å². The normalized spacial score (nSPS) is 10.8. The van der Waals surface area contributed by atoms with Crippen molar-refractivity contribution in [3.05, 3.63) is 70.7 Å². The summed E-state index contributed by atoms with van der Waals surface area (Å²) in [5, 5.41) is 0.866. The fourth-order valence-electron chi connectivity index (χ4n) is 2.60. The summed E-state index contributed by atoms with van der Waals surface area (Å²) in [5.41, 5.74) is 3.92. The van der Waals surface area contributed by atoms with Crippen molar-refractivity contribution >= 4 is 22.7 Å². The van der Waals surface area contributed by atoms with Gasteiger partial charge >= 0.3 is 5.97 Å². The second kappa shape index (κ2) is 6.89. The summed E-state index contributed by atoms with van der Waals surface area (Å²) >= 11 is 0. The van der Waals surface area contributed by atoms with Crippen LogP contribution >= 0.6 is 0 Å². The summed E-state index contributed by atoms with van der Waals surface area (Å²) < 4.78 is 23.4. The standard InChI is InChI=1S/C20H17FO4/c1-12-3-8-17-15(10-25-20(17)13(12)2)9-19(23)24-11-18(22)14-4-6-16(21)7-5-14/h3-8,10H,9,11H2,1-2H3. The Morgan fingerprint density at radius 3 is 2.52 bits per heavy atom. The van der Waals surface area contributed by atoms with E-state index in [2.05, 4.69) is 0 Å². The van der Waals surface area contributed by atoms with E-state index in [1.807, 2.05) is 26.0 Å². The quantitative estimate of drug-likeness (QED) is 0.517. The third-order valence-corrected chi connectivity index (χ3v) is 4.21. The predicted molar refractivity (Wildman–Crippen MR) is 91.1 cm³/mol. The van der Waals surface area contributed by atoms with Gasteiger partial charge in [0.2, 0.25) is 0 Å². The molecule has 3 aromatic rings. The van der Waals surface area contributed by atoms with E-state index < -0.39 is 11.8 Å². The number of benzene rings is 2. The van der Waals surface area contributed by atoms with Crippen molar-refractivity contribution in [2.24, 2.45) is 0 Å². The van der Waals surface area contributed by atoms with Gasteiger partial charge in [-0.25, -0.2) is 4.39 Å². The molecule has 0 saturated heterocycles. The number of rotatable bonds is 5. The second-order valence-electron chi connectivity index (χ2n) is 5.91. The number of hydrogen-bond donors (Lipinski definition) is 0. The third kappa shape index (κ3) is 3.60. The van der Waals surface area contributed by atoms with Crippen molar-refractivity contribution in [1.29, 1.82) is 0 Å². The van der Waals surface area contributed by atoms with Gasteiger partial charge in [0.15, 0.2) is 12.4 Å². The lowest BCUT2D eigenvalue weighted by Gasteiger charge is -2.04. The number of furan rings is 1. The zero-order valence-electron chi connectivity index (χ0n) is 14.0. The van der Waals surface area contributed by atoms with Crippen LogP contribution in [0.25, 0.3) is 11.0 Å². The number of carbonyl (C=O) groups excluding carboxylic acids is 2. The zero-order chi connectivity index (χ0) is 18.0. The molecule has 3 rings (SSSR count). The number of fused-ring (bicyclic) bond motifs is 1. The van der Waals surface area contributed by atoms with E-state index in [1.165, 1.54) is 24.3 Å². The van der Waals surface area contributed by atoms with Crippen LogP contribution in [0, 0.1) is 19.7 Å². The fourth-order valence-corrected chi connectivity index (χ4v) is 2.60. The molecular formula is C20H17FO4. The molecule has 0 bridgehead atoms. The highest BCUT2D eigenvalue weighted by molar-refractivity contribution is 5.98. The Kier molecular flexibility index (Phi) is 4.65. The number of esters is 1. The molecule has 0 N–H and O–H groups in total. The molecule has 1 heterocycles. The van der Waals surface area contributed by atoms with Crippen LogP contribution in [0.5, 0.6) is 0 Å². The van der Waals surface area contributed by atoms with Crippen molar-refractivity contribution < 1.29 is 23.1 Å². The lowest BCUT2D eigenvalue weighted by Crippen LogP contribution is -2.15. The van der Waals surface area contributed by atoms with Gasteiger partial charge in [-0.3, -0.25) is 9.59 Å². The molecule has 2 aromatic carbocycles. The van der Waals surface area contributed by atoms with E-state index in [0.717, 1.165) is 27.7 Å². The summed E-state index contributed by atoms with van der Waals surface area (Å²) in [6.07, 6.45) is 1.56. The van der Waals surface area contributed by atoms with Crippen LogP contribution in [0.4, 0.5) is 4.39 Å². The van der Waals surface area contributed by atoms with E-state index in [-0.39, 0.29) is 18.8 Å². The Labute approximate surface area is 144 Å². The molecule has 0 radical (unpaired) electrons. The Morgan fingerprint density at radius 2 is 1.80 bits per heavy atom. The van der Waals surface area contributed by atoms with Crippen LogP contribution in [0.15, 0.2) is 47.1 Å². The van der Waals surface area contributed by atoms with Crippen molar-refractivity contribution in [3.8, 4) is 0 Å². The lowest BCUT2D eigenvalue weighted by atomic mass is 10.0. The minimum Gasteiger partial charge on any atom is -0.464 e. The summed E-state index contributed by atoms with van der Waals surface area (Å²) in [5.74, 6) is -1.32. The molecule has 0 amide bonds. The first-order chi connectivity index (χ1) is 12.0. The first-order valence-corrected chi connectivity index (χ1v) is 7.86. The SMILES string of the molecule is Cc1ccc2c(CC(=O)OCC(=O)c3ccc(F)cc3)coc2c1C. The average Bonchev–Trinajstić information content (AvgIpc) is 3.00. The van der Waals surface area contributed by atoms with Gasteiger partial charge in [-0.05, 0) is 49.2 Å². The average molecular weight is 340 g/mol. The maximum absolute atomic E-state index is 12.9. The van der Waals surface area contributed by atoms with Crippen LogP contribution in [0.1, 0.15) is 27.0 Å². The largest absolute Gasteiger partial charge is 0.464 e. The monoisotopic (exact) mass is 340 g/mol. The van der Waals surface area contributed by atoms with Crippen molar-refractivity contribution in [2.45, 2.75) is 20.3 Å². The van der Waals surface area contributed by atoms with Crippen LogP contribution in [0.3, 0.4) is 0 Å². The number of halogens is 1. The zero-order valence-corrected chi connectivity index (χ0v) is 14.0. The third-order valence-electron chi connectivity index (χ3n) is 4.21. The summed E-state index contributed by atoms with van der Waals surface area (Å²) in [7, 11) is 0. The number of Topliss-reactive ketones (excluding diaryl/α,β-unsaturated/α-hetero) is 1. The van der Waals surface area contributed by atoms with Crippen LogP contribution < -0.4 is 0 Å². The van der Waals surface area contributed by atoms with Crippen molar-refractivity contribution in [1.82, 2.24) is 0 Å². The molecular weight excluding hydrogens is 323 g/mol. The van der Waals surface area contributed by atoms with Gasteiger partial charge in [-0.1, -0.05) is 12.1 Å². The minimum atomic E-state index is -0.517. The number of ketones is 1. The van der Waals surface area contributed by atoms with E-state index in [4.69, 9.17) is 9.15 Å². The maximum atomic E-state index is 12.9. The molecule has 0 saturated carbocycles. The Morgan fingerprint density at radius 1 is 1.08 bits per heavy atom. The smallest absolute Gasteiger partial charge is 0.310 e. The van der Waals surface area contributed by atoms with Crippen LogP contribution in [-0.4, -0.2) is 18.4 Å². The minimum absolute atomic E-state index is 0.0200. The first-order valence-electron chi connectivity index (χ1n) is 7.86. The number of ether oxygens (including phenoxy) is 1. The predicted octanol–water partition coefficient (Wildman–Crippen LogP) is 4.16.